The van der Waals surface area contributed by atoms with Crippen LogP contribution in [0.4, 0.5) is 4.79 Å². The molecular weight excluding hydrogens is 276 g/mol. The van der Waals surface area contributed by atoms with Gasteiger partial charge in [0.05, 0.1) is 0 Å². The lowest BCUT2D eigenvalue weighted by Crippen LogP contribution is -2.49. The average molecular weight is 302 g/mol. The number of carbonyl (C=O) groups is 1. The highest BCUT2D eigenvalue weighted by Crippen LogP contribution is 2.29. The molecular formula is C18H26N2O2. The maximum absolute atomic E-state index is 12.5. The van der Waals surface area contributed by atoms with Crippen LogP contribution < -0.4 is 5.32 Å². The van der Waals surface area contributed by atoms with Gasteiger partial charge in [0, 0.05) is 12.6 Å². The first-order chi connectivity index (χ1) is 10.8. The summed E-state index contributed by atoms with van der Waals surface area (Å²) in [5.41, 5.74) is 1.05. The molecule has 0 aromatic heterocycles. The Balaban J connectivity index is 1.58. The average Bonchev–Trinajstić information content (AvgIpc) is 2.61. The van der Waals surface area contributed by atoms with E-state index in [9.17, 15) is 4.79 Å². The Kier molecular flexibility index (Phi) is 5.33. The van der Waals surface area contributed by atoms with Crippen molar-refractivity contribution in [2.24, 2.45) is 5.92 Å². The van der Waals surface area contributed by atoms with Crippen molar-refractivity contribution < 1.29 is 9.53 Å². The van der Waals surface area contributed by atoms with Crippen molar-refractivity contribution in [3.63, 3.8) is 0 Å². The molecule has 2 saturated heterocycles. The molecule has 4 heteroatoms. The molecule has 0 bridgehead atoms. The standard InChI is InChI=1S/C18H26N2O2/c21-18(22-14-15-6-2-1-3-7-15)20-13-5-4-8-17(20)16-9-11-19-12-10-16/h1-3,6-7,16-17,19H,4-5,8-14H2/t17-/m0/s1. The summed E-state index contributed by atoms with van der Waals surface area (Å²) in [6.45, 7) is 3.37. The molecule has 1 N–H and O–H groups in total. The third-order valence-corrected chi connectivity index (χ3v) is 4.92. The number of likely N-dealkylation sites (tertiary alicyclic amines) is 1. The van der Waals surface area contributed by atoms with E-state index in [0.717, 1.165) is 38.0 Å². The van der Waals surface area contributed by atoms with E-state index >= 15 is 0 Å². The molecule has 1 aromatic carbocycles. The van der Waals surface area contributed by atoms with Crippen LogP contribution in [0.25, 0.3) is 0 Å². The Labute approximate surface area is 132 Å². The van der Waals surface area contributed by atoms with Gasteiger partial charge in [-0.2, -0.15) is 0 Å². The molecule has 2 heterocycles. The van der Waals surface area contributed by atoms with E-state index in [1.807, 2.05) is 35.2 Å². The maximum atomic E-state index is 12.5. The van der Waals surface area contributed by atoms with Crippen LogP contribution in [0.1, 0.15) is 37.7 Å². The van der Waals surface area contributed by atoms with E-state index in [4.69, 9.17) is 4.74 Å². The lowest BCUT2D eigenvalue weighted by atomic mass is 9.84. The van der Waals surface area contributed by atoms with Crippen LogP contribution in [0, 0.1) is 5.92 Å². The van der Waals surface area contributed by atoms with Gasteiger partial charge >= 0.3 is 6.09 Å². The summed E-state index contributed by atoms with van der Waals surface area (Å²) in [6.07, 6.45) is 5.68. The van der Waals surface area contributed by atoms with Crippen molar-refractivity contribution in [1.82, 2.24) is 10.2 Å². The third-order valence-electron chi connectivity index (χ3n) is 4.92. The third kappa shape index (κ3) is 3.80. The predicted octanol–water partition coefficient (Wildman–Crippen LogP) is 3.18. The van der Waals surface area contributed by atoms with Gasteiger partial charge in [0.1, 0.15) is 6.61 Å². The normalized spacial score (nSPS) is 23.3. The van der Waals surface area contributed by atoms with E-state index < -0.39 is 0 Å². The molecule has 120 valence electrons. The molecule has 3 rings (SSSR count). The van der Waals surface area contributed by atoms with Gasteiger partial charge in [-0.05, 0) is 56.7 Å². The Morgan fingerprint density at radius 2 is 1.91 bits per heavy atom. The highest BCUT2D eigenvalue weighted by atomic mass is 16.6. The fourth-order valence-corrected chi connectivity index (χ4v) is 3.71. The van der Waals surface area contributed by atoms with Gasteiger partial charge in [-0.1, -0.05) is 30.3 Å². The quantitative estimate of drug-likeness (QED) is 0.932. The van der Waals surface area contributed by atoms with Gasteiger partial charge in [0.15, 0.2) is 0 Å². The summed E-state index contributed by atoms with van der Waals surface area (Å²) in [6, 6.07) is 10.3. The van der Waals surface area contributed by atoms with Crippen LogP contribution in [0.5, 0.6) is 0 Å². The molecule has 1 amide bonds. The smallest absolute Gasteiger partial charge is 0.410 e. The second-order valence-corrected chi connectivity index (χ2v) is 6.38. The summed E-state index contributed by atoms with van der Waals surface area (Å²) in [5.74, 6) is 0.630. The molecule has 4 nitrogen and oxygen atoms in total. The summed E-state index contributed by atoms with van der Waals surface area (Å²) >= 11 is 0. The van der Waals surface area contributed by atoms with Gasteiger partial charge in [-0.3, -0.25) is 0 Å². The van der Waals surface area contributed by atoms with Gasteiger partial charge in [0.2, 0.25) is 0 Å². The number of benzene rings is 1. The first-order valence-corrected chi connectivity index (χ1v) is 8.52. The van der Waals surface area contributed by atoms with Crippen molar-refractivity contribution in [3.8, 4) is 0 Å². The molecule has 2 aliphatic heterocycles. The zero-order valence-electron chi connectivity index (χ0n) is 13.2. The first-order valence-electron chi connectivity index (χ1n) is 8.52. The summed E-state index contributed by atoms with van der Waals surface area (Å²) < 4.78 is 5.56. The van der Waals surface area contributed by atoms with Crippen LogP contribution in [0.3, 0.4) is 0 Å². The predicted molar refractivity (Wildman–Crippen MR) is 86.6 cm³/mol. The molecule has 1 aromatic rings. The highest BCUT2D eigenvalue weighted by molar-refractivity contribution is 5.68. The van der Waals surface area contributed by atoms with Crippen LogP contribution in [-0.4, -0.2) is 36.7 Å². The zero-order chi connectivity index (χ0) is 15.2. The number of hydrogen-bond donors (Lipinski definition) is 1. The fraction of sp³-hybridized carbons (Fsp3) is 0.611. The maximum Gasteiger partial charge on any atom is 0.410 e. The van der Waals surface area contributed by atoms with Crippen molar-refractivity contribution in [2.75, 3.05) is 19.6 Å². The molecule has 2 aliphatic rings. The van der Waals surface area contributed by atoms with Crippen molar-refractivity contribution in [2.45, 2.75) is 44.8 Å². The Morgan fingerprint density at radius 1 is 1.14 bits per heavy atom. The number of hydrogen-bond acceptors (Lipinski definition) is 3. The topological polar surface area (TPSA) is 41.6 Å². The van der Waals surface area contributed by atoms with Crippen LogP contribution in [0.2, 0.25) is 0 Å². The number of carbonyl (C=O) groups excluding carboxylic acids is 1. The minimum absolute atomic E-state index is 0.132. The van der Waals surface area contributed by atoms with Crippen LogP contribution in [-0.2, 0) is 11.3 Å². The molecule has 2 fully saturated rings. The second kappa shape index (κ2) is 7.63. The number of piperidine rings is 2. The molecule has 1 atom stereocenters. The second-order valence-electron chi connectivity index (χ2n) is 6.38. The zero-order valence-corrected chi connectivity index (χ0v) is 13.2. The van der Waals surface area contributed by atoms with Gasteiger partial charge in [-0.15, -0.1) is 0 Å². The van der Waals surface area contributed by atoms with Crippen LogP contribution in [0.15, 0.2) is 30.3 Å². The highest BCUT2D eigenvalue weighted by Gasteiger charge is 2.34. The van der Waals surface area contributed by atoms with E-state index in [-0.39, 0.29) is 6.09 Å². The first kappa shape index (κ1) is 15.3. The summed E-state index contributed by atoms with van der Waals surface area (Å²) in [4.78, 5) is 14.5. The number of amides is 1. The molecule has 0 spiro atoms. The van der Waals surface area contributed by atoms with E-state index in [2.05, 4.69) is 5.32 Å². The minimum atomic E-state index is -0.132. The van der Waals surface area contributed by atoms with E-state index in [1.54, 1.807) is 0 Å². The molecule has 0 aliphatic carbocycles. The Bertz CT molecular complexity index is 471. The lowest BCUT2D eigenvalue weighted by molar-refractivity contribution is 0.0458. The number of rotatable bonds is 3. The van der Waals surface area contributed by atoms with Crippen molar-refractivity contribution in [3.05, 3.63) is 35.9 Å². The Morgan fingerprint density at radius 3 is 2.68 bits per heavy atom. The van der Waals surface area contributed by atoms with Gasteiger partial charge in [-0.25, -0.2) is 4.79 Å². The monoisotopic (exact) mass is 302 g/mol. The minimum Gasteiger partial charge on any atom is -0.445 e. The Hall–Kier alpha value is -1.55. The number of nitrogens with zero attached hydrogens (tertiary/aromatic N) is 1. The van der Waals surface area contributed by atoms with E-state index in [0.29, 0.717) is 18.6 Å². The number of ether oxygens (including phenoxy) is 1. The largest absolute Gasteiger partial charge is 0.445 e. The SMILES string of the molecule is O=C(OCc1ccccc1)N1CCCC[C@H]1C1CCNCC1. The summed E-state index contributed by atoms with van der Waals surface area (Å²) in [7, 11) is 0. The van der Waals surface area contributed by atoms with Gasteiger partial charge in [0.25, 0.3) is 0 Å². The fourth-order valence-electron chi connectivity index (χ4n) is 3.71. The van der Waals surface area contributed by atoms with Gasteiger partial charge < -0.3 is 15.0 Å². The molecule has 0 saturated carbocycles. The lowest BCUT2D eigenvalue weighted by Gasteiger charge is -2.41. The molecule has 0 radical (unpaired) electrons. The summed E-state index contributed by atoms with van der Waals surface area (Å²) in [5, 5.41) is 3.41. The number of nitrogens with one attached hydrogen (secondary N) is 1. The van der Waals surface area contributed by atoms with Crippen molar-refractivity contribution in [1.29, 1.82) is 0 Å². The molecule has 22 heavy (non-hydrogen) atoms. The van der Waals surface area contributed by atoms with Crippen molar-refractivity contribution >= 4 is 6.09 Å². The van der Waals surface area contributed by atoms with Crippen LogP contribution >= 0.6 is 0 Å². The molecule has 0 unspecified atom stereocenters. The van der Waals surface area contributed by atoms with E-state index in [1.165, 1.54) is 19.3 Å².